The van der Waals surface area contributed by atoms with Crippen LogP contribution >= 0.6 is 11.3 Å². The maximum atomic E-state index is 12.8. The zero-order valence-corrected chi connectivity index (χ0v) is 18.2. The van der Waals surface area contributed by atoms with Gasteiger partial charge >= 0.3 is 5.69 Å². The third-order valence-electron chi connectivity index (χ3n) is 5.18. The standard InChI is InChI=1S/C23H19N5O3S/c1-14-7-9-15(10-8-14)16-12-32-21-20(16)24-13-27-22(21)26-28(23(27)30)11-19(29)25-17-5-3-4-6-18(17)31-2/h3-10,12-13H,11H2,1-2H3,(H,25,29). The van der Waals surface area contributed by atoms with E-state index in [1.165, 1.54) is 34.7 Å². The van der Waals surface area contributed by atoms with E-state index in [1.54, 1.807) is 18.2 Å². The Bertz CT molecular complexity index is 1510. The fourth-order valence-electron chi connectivity index (χ4n) is 3.55. The number of hydrogen-bond acceptors (Lipinski definition) is 6. The molecule has 3 heterocycles. The van der Waals surface area contributed by atoms with Crippen LogP contribution in [0.25, 0.3) is 27.0 Å². The maximum Gasteiger partial charge on any atom is 0.352 e. The van der Waals surface area contributed by atoms with E-state index >= 15 is 0 Å². The van der Waals surface area contributed by atoms with Gasteiger partial charge in [-0.15, -0.1) is 16.4 Å². The van der Waals surface area contributed by atoms with Crippen LogP contribution in [-0.2, 0) is 11.3 Å². The Hall–Kier alpha value is -3.98. The first-order valence-electron chi connectivity index (χ1n) is 9.90. The predicted octanol–water partition coefficient (Wildman–Crippen LogP) is 3.73. The van der Waals surface area contributed by atoms with Crippen LogP contribution in [0.4, 0.5) is 5.69 Å². The average molecular weight is 446 g/mol. The Labute approximate surface area is 186 Å². The van der Waals surface area contributed by atoms with Gasteiger partial charge in [0, 0.05) is 10.9 Å². The summed E-state index contributed by atoms with van der Waals surface area (Å²) < 4.78 is 8.56. The largest absolute Gasteiger partial charge is 0.495 e. The van der Waals surface area contributed by atoms with Gasteiger partial charge in [-0.05, 0) is 24.6 Å². The van der Waals surface area contributed by atoms with Crippen LogP contribution in [0, 0.1) is 6.92 Å². The molecule has 160 valence electrons. The van der Waals surface area contributed by atoms with E-state index in [1.807, 2.05) is 18.4 Å². The smallest absolute Gasteiger partial charge is 0.352 e. The van der Waals surface area contributed by atoms with Gasteiger partial charge in [0.15, 0.2) is 5.65 Å². The van der Waals surface area contributed by atoms with E-state index in [4.69, 9.17) is 4.74 Å². The minimum Gasteiger partial charge on any atom is -0.495 e. The molecule has 0 unspecified atom stereocenters. The number of aromatic nitrogens is 4. The molecule has 5 aromatic rings. The van der Waals surface area contributed by atoms with Crippen molar-refractivity contribution in [3.63, 3.8) is 0 Å². The second-order valence-electron chi connectivity index (χ2n) is 7.32. The first kappa shape index (κ1) is 20.0. The summed E-state index contributed by atoms with van der Waals surface area (Å²) in [4.78, 5) is 29.9. The molecule has 0 aliphatic rings. The van der Waals surface area contributed by atoms with Crippen LogP contribution in [0.15, 0.2) is 65.0 Å². The van der Waals surface area contributed by atoms with Crippen molar-refractivity contribution >= 4 is 38.8 Å². The fraction of sp³-hybridized carbons (Fsp3) is 0.130. The molecule has 3 aromatic heterocycles. The summed E-state index contributed by atoms with van der Waals surface area (Å²) in [6.07, 6.45) is 1.46. The molecular formula is C23H19N5O3S. The van der Waals surface area contributed by atoms with Crippen LogP contribution in [-0.4, -0.2) is 32.2 Å². The van der Waals surface area contributed by atoms with Crippen LogP contribution in [0.1, 0.15) is 5.56 Å². The van der Waals surface area contributed by atoms with Gasteiger partial charge in [-0.2, -0.15) is 0 Å². The van der Waals surface area contributed by atoms with Crippen molar-refractivity contribution < 1.29 is 9.53 Å². The van der Waals surface area contributed by atoms with Gasteiger partial charge in [0.25, 0.3) is 0 Å². The number of para-hydroxylation sites is 2. The minimum atomic E-state index is -0.421. The number of hydrogen-bond donors (Lipinski definition) is 1. The van der Waals surface area contributed by atoms with Gasteiger partial charge in [-0.1, -0.05) is 42.0 Å². The highest BCUT2D eigenvalue weighted by Gasteiger charge is 2.17. The molecule has 0 atom stereocenters. The zero-order valence-electron chi connectivity index (χ0n) is 17.4. The topological polar surface area (TPSA) is 90.5 Å². The number of rotatable bonds is 5. The van der Waals surface area contributed by atoms with E-state index in [2.05, 4.69) is 39.7 Å². The van der Waals surface area contributed by atoms with Gasteiger partial charge in [0.2, 0.25) is 5.91 Å². The second-order valence-corrected chi connectivity index (χ2v) is 8.20. The molecule has 0 bridgehead atoms. The number of methoxy groups -OCH3 is 1. The lowest BCUT2D eigenvalue weighted by Gasteiger charge is -2.09. The molecule has 0 radical (unpaired) electrons. The fourth-order valence-corrected chi connectivity index (χ4v) is 4.55. The third kappa shape index (κ3) is 3.42. The molecule has 0 aliphatic heterocycles. The van der Waals surface area contributed by atoms with Crippen molar-refractivity contribution in [1.29, 1.82) is 0 Å². The number of nitrogens with zero attached hydrogens (tertiary/aromatic N) is 4. The number of fused-ring (bicyclic) bond motifs is 3. The average Bonchev–Trinajstić information content (AvgIpc) is 3.36. The van der Waals surface area contributed by atoms with Crippen LogP contribution < -0.4 is 15.7 Å². The molecule has 1 N–H and O–H groups in total. The number of thiophene rings is 1. The second kappa shape index (κ2) is 7.93. The summed E-state index contributed by atoms with van der Waals surface area (Å²) in [5, 5.41) is 9.21. The van der Waals surface area contributed by atoms with Gasteiger partial charge in [-0.25, -0.2) is 18.9 Å². The lowest BCUT2D eigenvalue weighted by molar-refractivity contribution is -0.117. The summed E-state index contributed by atoms with van der Waals surface area (Å²) >= 11 is 1.48. The molecule has 9 heteroatoms. The van der Waals surface area contributed by atoms with Crippen molar-refractivity contribution in [2.24, 2.45) is 0 Å². The lowest BCUT2D eigenvalue weighted by Crippen LogP contribution is -2.28. The Morgan fingerprint density at radius 1 is 1.16 bits per heavy atom. The molecule has 5 rings (SSSR count). The van der Waals surface area contributed by atoms with Gasteiger partial charge in [0.05, 0.1) is 23.0 Å². The molecule has 0 fully saturated rings. The summed E-state index contributed by atoms with van der Waals surface area (Å²) in [6, 6.07) is 15.3. The molecule has 32 heavy (non-hydrogen) atoms. The van der Waals surface area contributed by atoms with E-state index in [9.17, 15) is 9.59 Å². The Balaban J connectivity index is 1.49. The summed E-state index contributed by atoms with van der Waals surface area (Å²) in [7, 11) is 1.53. The monoisotopic (exact) mass is 445 g/mol. The number of nitrogens with one attached hydrogen (secondary N) is 1. The van der Waals surface area contributed by atoms with Gasteiger partial charge in [0.1, 0.15) is 18.6 Å². The van der Waals surface area contributed by atoms with Crippen molar-refractivity contribution in [2.75, 3.05) is 12.4 Å². The number of benzene rings is 2. The number of carbonyl (C=O) groups is 1. The van der Waals surface area contributed by atoms with E-state index in [-0.39, 0.29) is 12.5 Å². The predicted molar refractivity (Wildman–Crippen MR) is 124 cm³/mol. The Morgan fingerprint density at radius 2 is 1.94 bits per heavy atom. The highest BCUT2D eigenvalue weighted by atomic mass is 32.1. The van der Waals surface area contributed by atoms with Crippen LogP contribution in [0.5, 0.6) is 5.75 Å². The molecule has 0 saturated heterocycles. The van der Waals surface area contributed by atoms with Gasteiger partial charge < -0.3 is 10.1 Å². The van der Waals surface area contributed by atoms with E-state index in [0.717, 1.165) is 26.0 Å². The van der Waals surface area contributed by atoms with E-state index < -0.39 is 5.69 Å². The highest BCUT2D eigenvalue weighted by molar-refractivity contribution is 7.18. The number of aryl methyl sites for hydroxylation is 1. The van der Waals surface area contributed by atoms with Crippen molar-refractivity contribution in [3.8, 4) is 16.9 Å². The number of ether oxygens (including phenoxy) is 1. The van der Waals surface area contributed by atoms with Crippen molar-refractivity contribution in [1.82, 2.24) is 19.2 Å². The Morgan fingerprint density at radius 3 is 2.72 bits per heavy atom. The maximum absolute atomic E-state index is 12.8. The Kier molecular flexibility index (Phi) is 4.95. The van der Waals surface area contributed by atoms with Crippen molar-refractivity contribution in [2.45, 2.75) is 13.5 Å². The quantitative estimate of drug-likeness (QED) is 0.445. The number of anilines is 1. The first-order chi connectivity index (χ1) is 15.5. The summed E-state index contributed by atoms with van der Waals surface area (Å²) in [5.74, 6) is 0.159. The lowest BCUT2D eigenvalue weighted by atomic mass is 10.1. The first-order valence-corrected chi connectivity index (χ1v) is 10.8. The molecule has 1 amide bonds. The molecule has 0 saturated carbocycles. The number of amides is 1. The SMILES string of the molecule is COc1ccccc1NC(=O)Cn1nc2c3scc(-c4ccc(C)cc4)c3ncn2c1=O. The molecular weight excluding hydrogens is 426 g/mol. The summed E-state index contributed by atoms with van der Waals surface area (Å²) in [6.45, 7) is 1.82. The van der Waals surface area contributed by atoms with E-state index in [0.29, 0.717) is 17.1 Å². The zero-order chi connectivity index (χ0) is 22.2. The minimum absolute atomic E-state index is 0.226. The van der Waals surface area contributed by atoms with Crippen molar-refractivity contribution in [3.05, 3.63) is 76.3 Å². The van der Waals surface area contributed by atoms with Crippen LogP contribution in [0.2, 0.25) is 0 Å². The van der Waals surface area contributed by atoms with Crippen LogP contribution in [0.3, 0.4) is 0 Å². The molecule has 2 aromatic carbocycles. The summed E-state index contributed by atoms with van der Waals surface area (Å²) in [5.41, 5.74) is 4.59. The van der Waals surface area contributed by atoms with Gasteiger partial charge in [-0.3, -0.25) is 4.79 Å². The normalized spacial score (nSPS) is 11.2. The highest BCUT2D eigenvalue weighted by Crippen LogP contribution is 2.34. The molecule has 8 nitrogen and oxygen atoms in total. The third-order valence-corrected chi connectivity index (χ3v) is 6.14. The molecule has 0 aliphatic carbocycles. The number of carbonyl (C=O) groups excluding carboxylic acids is 1. The molecule has 0 spiro atoms.